The number of nitrogens with zero attached hydrogens (tertiary/aromatic N) is 3. The third kappa shape index (κ3) is 1.58. The molecular formula is C9H7N3O4. The van der Waals surface area contributed by atoms with Gasteiger partial charge in [0.15, 0.2) is 0 Å². The van der Waals surface area contributed by atoms with E-state index >= 15 is 0 Å². The van der Waals surface area contributed by atoms with Gasteiger partial charge in [-0.25, -0.2) is 0 Å². The Hall–Kier alpha value is -2.44. The molecule has 0 aliphatic carbocycles. The van der Waals surface area contributed by atoms with Gasteiger partial charge in [-0.15, -0.1) is 0 Å². The summed E-state index contributed by atoms with van der Waals surface area (Å²) in [5.41, 5.74) is 1.19. The fourth-order valence-electron chi connectivity index (χ4n) is 1.31. The highest BCUT2D eigenvalue weighted by Gasteiger charge is 2.26. The van der Waals surface area contributed by atoms with Gasteiger partial charge in [0.2, 0.25) is 0 Å². The quantitative estimate of drug-likeness (QED) is 0.431. The van der Waals surface area contributed by atoms with Crippen molar-refractivity contribution in [1.82, 2.24) is 5.16 Å². The molecule has 1 aromatic heterocycles. The largest absolute Gasteiger partial charge is 0.440 e. The van der Waals surface area contributed by atoms with Gasteiger partial charge in [-0.05, 0) is 28.9 Å². The van der Waals surface area contributed by atoms with Crippen LogP contribution >= 0.6 is 0 Å². The zero-order valence-electron chi connectivity index (χ0n) is 8.28. The van der Waals surface area contributed by atoms with E-state index in [-0.39, 0.29) is 10.6 Å². The molecule has 0 amide bonds. The number of rotatable bonds is 2. The summed E-state index contributed by atoms with van der Waals surface area (Å²) in [5.74, 6) is -0.584. The molecule has 0 bridgehead atoms. The monoisotopic (exact) mass is 221 g/mol. The summed E-state index contributed by atoms with van der Waals surface area (Å²) >= 11 is 0. The summed E-state index contributed by atoms with van der Waals surface area (Å²) in [6.07, 6.45) is 0. The van der Waals surface area contributed by atoms with Crippen molar-refractivity contribution in [1.29, 1.82) is 0 Å². The Labute approximate surface area is 89.6 Å². The maximum Gasteiger partial charge on any atom is 0.440 e. The van der Waals surface area contributed by atoms with E-state index in [0.29, 0.717) is 5.56 Å². The van der Waals surface area contributed by atoms with Gasteiger partial charge in [0, 0.05) is 5.56 Å². The summed E-state index contributed by atoms with van der Waals surface area (Å²) < 4.78 is 4.21. The van der Waals surface area contributed by atoms with Gasteiger partial charge in [-0.1, -0.05) is 17.7 Å². The standard InChI is InChI=1S/C9H7N3O4/c1-6-2-4-7(5-3-6)8-9(11(13)14)10-16-12(8)15/h2-5H,1H3. The smallest absolute Gasteiger partial charge is 0.359 e. The topological polar surface area (TPSA) is 96.1 Å². The lowest BCUT2D eigenvalue weighted by Gasteiger charge is -1.97. The van der Waals surface area contributed by atoms with Gasteiger partial charge >= 0.3 is 5.82 Å². The molecule has 0 fully saturated rings. The Balaban J connectivity index is 2.58. The maximum atomic E-state index is 11.2. The van der Waals surface area contributed by atoms with Crippen LogP contribution in [0.3, 0.4) is 0 Å². The molecule has 2 rings (SSSR count). The van der Waals surface area contributed by atoms with E-state index in [2.05, 4.69) is 9.79 Å². The Morgan fingerprint density at radius 3 is 2.56 bits per heavy atom. The van der Waals surface area contributed by atoms with Gasteiger partial charge in [-0.2, -0.15) is 0 Å². The van der Waals surface area contributed by atoms with Crippen molar-refractivity contribution in [2.45, 2.75) is 6.92 Å². The number of benzene rings is 1. The second-order valence-electron chi connectivity index (χ2n) is 3.23. The van der Waals surface area contributed by atoms with E-state index in [9.17, 15) is 15.3 Å². The molecule has 0 aliphatic heterocycles. The molecule has 0 saturated heterocycles. The third-order valence-corrected chi connectivity index (χ3v) is 2.09. The molecule has 7 heteroatoms. The third-order valence-electron chi connectivity index (χ3n) is 2.09. The molecule has 0 unspecified atom stereocenters. The first-order valence-corrected chi connectivity index (χ1v) is 4.41. The molecule has 0 spiro atoms. The molecule has 0 N–H and O–H groups in total. The predicted molar refractivity (Wildman–Crippen MR) is 52.3 cm³/mol. The SMILES string of the molecule is Cc1ccc(-c2c([N+](=O)[O-])no[n+]2[O-])cc1. The molecular weight excluding hydrogens is 214 g/mol. The number of hydrogen-bond acceptors (Lipinski definition) is 5. The number of hydrogen-bond donors (Lipinski definition) is 0. The molecule has 0 atom stereocenters. The zero-order valence-corrected chi connectivity index (χ0v) is 8.28. The van der Waals surface area contributed by atoms with E-state index < -0.39 is 10.7 Å². The molecule has 16 heavy (non-hydrogen) atoms. The Bertz CT molecular complexity index is 532. The van der Waals surface area contributed by atoms with Crippen molar-refractivity contribution < 1.29 is 14.5 Å². The van der Waals surface area contributed by atoms with Crippen LogP contribution in [0.4, 0.5) is 5.82 Å². The Morgan fingerprint density at radius 2 is 2.00 bits per heavy atom. The average molecular weight is 221 g/mol. The first kappa shape index (κ1) is 10.1. The van der Waals surface area contributed by atoms with Crippen molar-refractivity contribution in [2.75, 3.05) is 0 Å². The van der Waals surface area contributed by atoms with Gasteiger partial charge in [0.05, 0.1) is 5.16 Å². The van der Waals surface area contributed by atoms with E-state index in [1.54, 1.807) is 24.3 Å². The van der Waals surface area contributed by atoms with Crippen molar-refractivity contribution in [2.24, 2.45) is 0 Å². The molecule has 82 valence electrons. The van der Waals surface area contributed by atoms with Crippen LogP contribution < -0.4 is 4.90 Å². The molecule has 0 aliphatic rings. The minimum atomic E-state index is -0.757. The lowest BCUT2D eigenvalue weighted by molar-refractivity contribution is -0.793. The lowest BCUT2D eigenvalue weighted by Crippen LogP contribution is -2.25. The normalized spacial score (nSPS) is 10.3. The highest BCUT2D eigenvalue weighted by molar-refractivity contribution is 5.63. The summed E-state index contributed by atoms with van der Waals surface area (Å²) in [4.78, 5) is 9.88. The van der Waals surface area contributed by atoms with E-state index in [1.165, 1.54) is 0 Å². The van der Waals surface area contributed by atoms with Crippen LogP contribution in [-0.4, -0.2) is 10.1 Å². The average Bonchev–Trinajstić information content (AvgIpc) is 2.62. The summed E-state index contributed by atoms with van der Waals surface area (Å²) in [7, 11) is 0. The van der Waals surface area contributed by atoms with Gasteiger partial charge in [-0.3, -0.25) is 4.63 Å². The maximum absolute atomic E-state index is 11.2. The highest BCUT2D eigenvalue weighted by atomic mass is 16.8. The second kappa shape index (κ2) is 3.61. The van der Waals surface area contributed by atoms with Crippen LogP contribution in [-0.2, 0) is 0 Å². The summed E-state index contributed by atoms with van der Waals surface area (Å²) in [5, 5.41) is 24.9. The fraction of sp³-hybridized carbons (Fsp3) is 0.111. The van der Waals surface area contributed by atoms with Crippen molar-refractivity contribution in [3.05, 3.63) is 45.2 Å². The fourth-order valence-corrected chi connectivity index (χ4v) is 1.31. The number of nitro groups is 1. The van der Waals surface area contributed by atoms with E-state index in [1.807, 2.05) is 6.92 Å². The molecule has 1 aromatic carbocycles. The van der Waals surface area contributed by atoms with Crippen molar-refractivity contribution in [3.63, 3.8) is 0 Å². The van der Waals surface area contributed by atoms with Crippen LogP contribution in [0.2, 0.25) is 0 Å². The van der Waals surface area contributed by atoms with E-state index in [0.717, 1.165) is 5.56 Å². The second-order valence-corrected chi connectivity index (χ2v) is 3.23. The Kier molecular flexibility index (Phi) is 2.28. The Morgan fingerprint density at radius 1 is 1.38 bits per heavy atom. The lowest BCUT2D eigenvalue weighted by atomic mass is 10.1. The molecule has 2 aromatic rings. The van der Waals surface area contributed by atoms with Gasteiger partial charge < -0.3 is 15.3 Å². The van der Waals surface area contributed by atoms with Crippen LogP contribution in [0.25, 0.3) is 11.3 Å². The first-order chi connectivity index (χ1) is 7.59. The molecule has 1 heterocycles. The molecule has 0 saturated carbocycles. The highest BCUT2D eigenvalue weighted by Crippen LogP contribution is 2.24. The van der Waals surface area contributed by atoms with E-state index in [4.69, 9.17) is 0 Å². The zero-order chi connectivity index (χ0) is 11.7. The van der Waals surface area contributed by atoms with Crippen LogP contribution in [0.15, 0.2) is 28.9 Å². The van der Waals surface area contributed by atoms with Crippen molar-refractivity contribution >= 4 is 5.82 Å². The van der Waals surface area contributed by atoms with Gasteiger partial charge in [0.1, 0.15) is 0 Å². The molecule has 7 nitrogen and oxygen atoms in total. The minimum absolute atomic E-state index is 0.0306. The summed E-state index contributed by atoms with van der Waals surface area (Å²) in [6.45, 7) is 1.87. The number of aryl methyl sites for hydroxylation is 1. The van der Waals surface area contributed by atoms with Crippen LogP contribution in [0.1, 0.15) is 5.56 Å². The predicted octanol–water partition coefficient (Wildman–Crippen LogP) is 1.19. The molecule has 0 radical (unpaired) electrons. The number of aromatic nitrogens is 2. The van der Waals surface area contributed by atoms with Crippen LogP contribution in [0.5, 0.6) is 0 Å². The first-order valence-electron chi connectivity index (χ1n) is 4.41. The van der Waals surface area contributed by atoms with Crippen LogP contribution in [0, 0.1) is 22.2 Å². The van der Waals surface area contributed by atoms with Crippen molar-refractivity contribution in [3.8, 4) is 11.3 Å². The minimum Gasteiger partial charge on any atom is -0.359 e. The van der Waals surface area contributed by atoms with Gasteiger partial charge in [0.25, 0.3) is 5.69 Å². The summed E-state index contributed by atoms with van der Waals surface area (Å²) in [6, 6.07) is 6.69.